The molecule has 0 bridgehead atoms. The zero-order valence-corrected chi connectivity index (χ0v) is 17.3. The van der Waals surface area contributed by atoms with Crippen LogP contribution in [0.5, 0.6) is 0 Å². The van der Waals surface area contributed by atoms with Crippen molar-refractivity contribution in [1.82, 2.24) is 25.0 Å². The lowest BCUT2D eigenvalue weighted by Gasteiger charge is -2.07. The highest BCUT2D eigenvalue weighted by atomic mass is 79.9. The highest BCUT2D eigenvalue weighted by Gasteiger charge is 2.30. The molecule has 0 unspecified atom stereocenters. The van der Waals surface area contributed by atoms with Gasteiger partial charge in [0.1, 0.15) is 5.82 Å². The minimum absolute atomic E-state index is 0.373. The van der Waals surface area contributed by atoms with Crippen molar-refractivity contribution in [2.75, 3.05) is 0 Å². The van der Waals surface area contributed by atoms with E-state index in [1.165, 1.54) is 17.7 Å². The van der Waals surface area contributed by atoms with E-state index in [0.717, 1.165) is 17.4 Å². The maximum Gasteiger partial charge on any atom is 0.283 e. The molecular formula is C17H14BrN5O2S2. The van der Waals surface area contributed by atoms with E-state index in [-0.39, 0.29) is 0 Å². The van der Waals surface area contributed by atoms with Crippen LogP contribution in [0.15, 0.2) is 48.3 Å². The van der Waals surface area contributed by atoms with Gasteiger partial charge in [-0.3, -0.25) is 0 Å². The lowest BCUT2D eigenvalue weighted by atomic mass is 10.3. The predicted molar refractivity (Wildman–Crippen MR) is 105 cm³/mol. The summed E-state index contributed by atoms with van der Waals surface area (Å²) in [6.45, 7) is 0. The summed E-state index contributed by atoms with van der Waals surface area (Å²) in [7, 11) is 0. The standard InChI is InChI=1S/C17H14BrN5O2S2/c18-13-6-5-12(24-13)16-21-20-15(25-16)9-27-17-22-19-14(23(17)10-3-4-10)8-11-2-1-7-26-11/h1-2,5-7,10H,3-4,8-9H2. The zero-order chi connectivity index (χ0) is 18.2. The molecule has 1 fully saturated rings. The summed E-state index contributed by atoms with van der Waals surface area (Å²) in [4.78, 5) is 1.30. The van der Waals surface area contributed by atoms with Crippen LogP contribution >= 0.6 is 39.0 Å². The summed E-state index contributed by atoms with van der Waals surface area (Å²) in [5, 5.41) is 20.0. The molecule has 138 valence electrons. The first kappa shape index (κ1) is 17.2. The lowest BCUT2D eigenvalue weighted by molar-refractivity contribution is 0.486. The van der Waals surface area contributed by atoms with E-state index in [4.69, 9.17) is 8.83 Å². The fourth-order valence-corrected chi connectivity index (χ4v) is 4.63. The molecule has 1 aliphatic rings. The normalized spacial score (nSPS) is 14.1. The zero-order valence-electron chi connectivity index (χ0n) is 14.0. The highest BCUT2D eigenvalue weighted by molar-refractivity contribution is 9.10. The Bertz CT molecular complexity index is 1050. The van der Waals surface area contributed by atoms with Crippen LogP contribution in [0.3, 0.4) is 0 Å². The average Bonchev–Trinajstić information content (AvgIpc) is 3.12. The van der Waals surface area contributed by atoms with E-state index >= 15 is 0 Å². The molecule has 4 aromatic heterocycles. The molecule has 0 saturated heterocycles. The molecule has 0 aliphatic heterocycles. The number of furan rings is 1. The summed E-state index contributed by atoms with van der Waals surface area (Å²) in [5.41, 5.74) is 0. The molecule has 0 atom stereocenters. The van der Waals surface area contributed by atoms with Crippen molar-refractivity contribution in [3.8, 4) is 11.7 Å². The van der Waals surface area contributed by atoms with Gasteiger partial charge in [0.15, 0.2) is 15.6 Å². The Balaban J connectivity index is 1.31. The van der Waals surface area contributed by atoms with Gasteiger partial charge in [-0.15, -0.1) is 31.7 Å². The minimum atomic E-state index is 0.373. The Morgan fingerprint density at radius 2 is 2.07 bits per heavy atom. The van der Waals surface area contributed by atoms with E-state index in [2.05, 4.69) is 58.4 Å². The van der Waals surface area contributed by atoms with Crippen molar-refractivity contribution < 1.29 is 8.83 Å². The smallest absolute Gasteiger partial charge is 0.283 e. The van der Waals surface area contributed by atoms with Crippen LogP contribution in [0, 0.1) is 0 Å². The number of hydrogen-bond donors (Lipinski definition) is 0. The fourth-order valence-electron chi connectivity index (χ4n) is 2.76. The van der Waals surface area contributed by atoms with Gasteiger partial charge in [0.25, 0.3) is 5.89 Å². The summed E-state index contributed by atoms with van der Waals surface area (Å²) < 4.78 is 14.0. The van der Waals surface area contributed by atoms with Crippen molar-refractivity contribution in [3.05, 3.63) is 50.9 Å². The molecule has 1 saturated carbocycles. The van der Waals surface area contributed by atoms with Gasteiger partial charge in [0.2, 0.25) is 5.89 Å². The van der Waals surface area contributed by atoms with Gasteiger partial charge >= 0.3 is 0 Å². The van der Waals surface area contributed by atoms with Crippen molar-refractivity contribution >= 4 is 39.0 Å². The second-order valence-corrected chi connectivity index (χ2v) is 8.91. The molecule has 4 heterocycles. The molecule has 0 N–H and O–H groups in total. The van der Waals surface area contributed by atoms with Crippen LogP contribution in [-0.4, -0.2) is 25.0 Å². The number of thioether (sulfide) groups is 1. The van der Waals surface area contributed by atoms with Crippen molar-refractivity contribution in [1.29, 1.82) is 0 Å². The van der Waals surface area contributed by atoms with Crippen molar-refractivity contribution in [2.45, 2.75) is 36.2 Å². The Kier molecular flexibility index (Phi) is 4.62. The van der Waals surface area contributed by atoms with Gasteiger partial charge < -0.3 is 13.4 Å². The Morgan fingerprint density at radius 3 is 2.81 bits per heavy atom. The minimum Gasteiger partial charge on any atom is -0.444 e. The molecule has 4 aromatic rings. The number of rotatable bonds is 7. The highest BCUT2D eigenvalue weighted by Crippen LogP contribution is 2.39. The monoisotopic (exact) mass is 463 g/mol. The second kappa shape index (κ2) is 7.25. The lowest BCUT2D eigenvalue weighted by Crippen LogP contribution is -2.03. The molecule has 7 nitrogen and oxygen atoms in total. The molecule has 27 heavy (non-hydrogen) atoms. The molecule has 0 amide bonds. The number of thiophene rings is 1. The number of aromatic nitrogens is 5. The topological polar surface area (TPSA) is 82.8 Å². The third-order valence-corrected chi connectivity index (χ3v) is 6.37. The Labute approximate surface area is 171 Å². The van der Waals surface area contributed by atoms with Gasteiger partial charge in [0.05, 0.1) is 5.75 Å². The summed E-state index contributed by atoms with van der Waals surface area (Å²) in [5.74, 6) is 3.02. The summed E-state index contributed by atoms with van der Waals surface area (Å²) in [6, 6.07) is 8.29. The molecule has 0 aromatic carbocycles. The Hall–Kier alpha value is -1.91. The predicted octanol–water partition coefficient (Wildman–Crippen LogP) is 4.96. The molecule has 1 aliphatic carbocycles. The Morgan fingerprint density at radius 1 is 1.15 bits per heavy atom. The van der Waals surface area contributed by atoms with Gasteiger partial charge in [-0.1, -0.05) is 17.8 Å². The first-order chi connectivity index (χ1) is 13.3. The molecular weight excluding hydrogens is 450 g/mol. The molecule has 0 spiro atoms. The number of hydrogen-bond acceptors (Lipinski definition) is 8. The quantitative estimate of drug-likeness (QED) is 0.358. The average molecular weight is 464 g/mol. The van der Waals surface area contributed by atoms with Crippen LogP contribution in [-0.2, 0) is 12.2 Å². The largest absolute Gasteiger partial charge is 0.444 e. The summed E-state index contributed by atoms with van der Waals surface area (Å²) in [6.07, 6.45) is 3.18. The molecule has 10 heteroatoms. The maximum absolute atomic E-state index is 5.70. The first-order valence-corrected chi connectivity index (χ1v) is 11.1. The van der Waals surface area contributed by atoms with Crippen molar-refractivity contribution in [3.63, 3.8) is 0 Å². The van der Waals surface area contributed by atoms with E-state index in [1.807, 2.05) is 0 Å². The first-order valence-electron chi connectivity index (χ1n) is 8.43. The third-order valence-electron chi connectivity index (χ3n) is 4.14. The van der Waals surface area contributed by atoms with Crippen LogP contribution in [0.2, 0.25) is 0 Å². The third kappa shape index (κ3) is 3.74. The van der Waals surface area contributed by atoms with Crippen LogP contribution in [0.1, 0.15) is 35.5 Å². The number of nitrogens with zero attached hydrogens (tertiary/aromatic N) is 5. The van der Waals surface area contributed by atoms with Gasteiger partial charge in [0, 0.05) is 17.3 Å². The van der Waals surface area contributed by atoms with Crippen LogP contribution in [0.4, 0.5) is 0 Å². The molecule has 0 radical (unpaired) electrons. The van der Waals surface area contributed by atoms with Gasteiger partial charge in [-0.25, -0.2) is 0 Å². The SMILES string of the molecule is Brc1ccc(-c2nnc(CSc3nnc(Cc4cccs4)n3C3CC3)o2)o1. The van der Waals surface area contributed by atoms with E-state index in [1.54, 1.807) is 35.2 Å². The van der Waals surface area contributed by atoms with Gasteiger partial charge in [-0.05, 0) is 52.4 Å². The van der Waals surface area contributed by atoms with Crippen molar-refractivity contribution in [2.24, 2.45) is 0 Å². The van der Waals surface area contributed by atoms with E-state index in [0.29, 0.717) is 34.0 Å². The second-order valence-electron chi connectivity index (χ2n) is 6.15. The van der Waals surface area contributed by atoms with Crippen LogP contribution < -0.4 is 0 Å². The van der Waals surface area contributed by atoms with Gasteiger partial charge in [-0.2, -0.15) is 0 Å². The molecule has 5 rings (SSSR count). The van der Waals surface area contributed by atoms with E-state index < -0.39 is 0 Å². The summed E-state index contributed by atoms with van der Waals surface area (Å²) >= 11 is 6.59. The number of halogens is 1. The van der Waals surface area contributed by atoms with Crippen LogP contribution in [0.25, 0.3) is 11.7 Å². The maximum atomic E-state index is 5.70. The van der Waals surface area contributed by atoms with E-state index in [9.17, 15) is 0 Å². The fraction of sp³-hybridized carbons (Fsp3) is 0.294.